The van der Waals surface area contributed by atoms with Gasteiger partial charge in [0.1, 0.15) is 5.54 Å². The SMILES string of the molecule is CC(C)C(C)(C#N)NC(=O)CNc1ccccc1Cl. The minimum absolute atomic E-state index is 0.0294. The summed E-state index contributed by atoms with van der Waals surface area (Å²) in [6.45, 7) is 5.58. The number of carbonyl (C=O) groups is 1. The molecule has 0 aromatic heterocycles. The zero-order valence-electron chi connectivity index (χ0n) is 11.3. The van der Waals surface area contributed by atoms with Crippen LogP contribution in [0.3, 0.4) is 0 Å². The Bertz CT molecular complexity index is 496. The Morgan fingerprint density at radius 2 is 2.11 bits per heavy atom. The van der Waals surface area contributed by atoms with Crippen LogP contribution in [0.15, 0.2) is 24.3 Å². The fourth-order valence-corrected chi connectivity index (χ4v) is 1.62. The monoisotopic (exact) mass is 279 g/mol. The van der Waals surface area contributed by atoms with E-state index in [1.165, 1.54) is 0 Å². The van der Waals surface area contributed by atoms with Crippen molar-refractivity contribution in [3.8, 4) is 6.07 Å². The van der Waals surface area contributed by atoms with Gasteiger partial charge in [-0.05, 0) is 25.0 Å². The van der Waals surface area contributed by atoms with E-state index in [0.29, 0.717) is 10.7 Å². The molecular formula is C14H18ClN3O. The van der Waals surface area contributed by atoms with Crippen LogP contribution in [0.5, 0.6) is 0 Å². The lowest BCUT2D eigenvalue weighted by Gasteiger charge is -2.27. The van der Waals surface area contributed by atoms with Crippen LogP contribution >= 0.6 is 11.6 Å². The van der Waals surface area contributed by atoms with Crippen LogP contribution in [0.2, 0.25) is 5.02 Å². The minimum atomic E-state index is -0.862. The number of hydrogen-bond donors (Lipinski definition) is 2. The average molecular weight is 280 g/mol. The molecule has 0 bridgehead atoms. The van der Waals surface area contributed by atoms with Crippen molar-refractivity contribution in [1.29, 1.82) is 5.26 Å². The van der Waals surface area contributed by atoms with Gasteiger partial charge in [-0.1, -0.05) is 37.6 Å². The molecule has 1 amide bonds. The fraction of sp³-hybridized carbons (Fsp3) is 0.429. The number of benzene rings is 1. The van der Waals surface area contributed by atoms with E-state index in [-0.39, 0.29) is 18.4 Å². The Hall–Kier alpha value is -1.73. The van der Waals surface area contributed by atoms with Crippen LogP contribution in [0.1, 0.15) is 20.8 Å². The number of halogens is 1. The van der Waals surface area contributed by atoms with Gasteiger partial charge in [0.15, 0.2) is 0 Å². The van der Waals surface area contributed by atoms with E-state index in [2.05, 4.69) is 16.7 Å². The molecule has 0 radical (unpaired) electrons. The zero-order valence-corrected chi connectivity index (χ0v) is 12.1. The van der Waals surface area contributed by atoms with Gasteiger partial charge in [0, 0.05) is 0 Å². The maximum absolute atomic E-state index is 11.8. The number of nitrogens with one attached hydrogen (secondary N) is 2. The summed E-state index contributed by atoms with van der Waals surface area (Å²) in [5.41, 5.74) is -0.165. The molecule has 5 heteroatoms. The van der Waals surface area contributed by atoms with Crippen molar-refractivity contribution in [3.63, 3.8) is 0 Å². The van der Waals surface area contributed by atoms with E-state index in [9.17, 15) is 4.79 Å². The summed E-state index contributed by atoms with van der Waals surface area (Å²) >= 11 is 5.97. The molecule has 0 heterocycles. The fourth-order valence-electron chi connectivity index (χ4n) is 1.42. The van der Waals surface area contributed by atoms with Crippen LogP contribution in [-0.2, 0) is 4.79 Å². The van der Waals surface area contributed by atoms with Crippen molar-refractivity contribution < 1.29 is 4.79 Å². The summed E-state index contributed by atoms with van der Waals surface area (Å²) in [7, 11) is 0. The van der Waals surface area contributed by atoms with Gasteiger partial charge in [0.2, 0.25) is 5.91 Å². The first kappa shape index (κ1) is 15.3. The third kappa shape index (κ3) is 4.15. The first-order valence-corrected chi connectivity index (χ1v) is 6.47. The van der Waals surface area contributed by atoms with Crippen molar-refractivity contribution in [2.45, 2.75) is 26.3 Å². The van der Waals surface area contributed by atoms with Gasteiger partial charge >= 0.3 is 0 Å². The largest absolute Gasteiger partial charge is 0.375 e. The maximum Gasteiger partial charge on any atom is 0.240 e. The molecule has 0 aliphatic heterocycles. The van der Waals surface area contributed by atoms with Crippen molar-refractivity contribution in [1.82, 2.24) is 5.32 Å². The summed E-state index contributed by atoms with van der Waals surface area (Å²) in [4.78, 5) is 11.8. The number of para-hydroxylation sites is 1. The van der Waals surface area contributed by atoms with Gasteiger partial charge in [-0.2, -0.15) is 5.26 Å². The molecular weight excluding hydrogens is 262 g/mol. The van der Waals surface area contributed by atoms with Crippen LogP contribution in [0, 0.1) is 17.2 Å². The third-order valence-corrected chi connectivity index (χ3v) is 3.43. The number of amides is 1. The predicted octanol–water partition coefficient (Wildman–Crippen LogP) is 2.81. The highest BCUT2D eigenvalue weighted by molar-refractivity contribution is 6.33. The summed E-state index contributed by atoms with van der Waals surface area (Å²) in [5.74, 6) is -0.209. The molecule has 1 aromatic carbocycles. The number of hydrogen-bond acceptors (Lipinski definition) is 3. The number of rotatable bonds is 5. The first-order valence-electron chi connectivity index (χ1n) is 6.09. The van der Waals surface area contributed by atoms with E-state index in [1.54, 1.807) is 19.1 Å². The Balaban J connectivity index is 2.58. The summed E-state index contributed by atoms with van der Waals surface area (Å²) in [5, 5.41) is 15.4. The number of nitrogens with zero attached hydrogens (tertiary/aromatic N) is 1. The first-order chi connectivity index (χ1) is 8.89. The molecule has 0 aliphatic rings. The molecule has 102 valence electrons. The normalized spacial score (nSPS) is 13.5. The van der Waals surface area contributed by atoms with Gasteiger partial charge in [0.25, 0.3) is 0 Å². The van der Waals surface area contributed by atoms with Crippen LogP contribution < -0.4 is 10.6 Å². The van der Waals surface area contributed by atoms with Crippen LogP contribution in [0.25, 0.3) is 0 Å². The smallest absolute Gasteiger partial charge is 0.240 e. The maximum atomic E-state index is 11.8. The van der Waals surface area contributed by atoms with E-state index in [4.69, 9.17) is 16.9 Å². The highest BCUT2D eigenvalue weighted by Gasteiger charge is 2.29. The molecule has 0 saturated heterocycles. The van der Waals surface area contributed by atoms with Crippen molar-refractivity contribution in [2.24, 2.45) is 5.92 Å². The standard InChI is InChI=1S/C14H18ClN3O/c1-10(2)14(3,9-16)18-13(19)8-17-12-7-5-4-6-11(12)15/h4-7,10,17H,8H2,1-3H3,(H,18,19). The molecule has 0 spiro atoms. The second-order valence-corrected chi connectivity index (χ2v) is 5.26. The van der Waals surface area contributed by atoms with Gasteiger partial charge in [-0.25, -0.2) is 0 Å². The summed E-state index contributed by atoms with van der Waals surface area (Å²) in [6, 6.07) is 9.32. The Morgan fingerprint density at radius 1 is 1.47 bits per heavy atom. The Kier molecular flexibility index (Phi) is 5.20. The molecule has 1 unspecified atom stereocenters. The quantitative estimate of drug-likeness (QED) is 0.871. The molecule has 1 rings (SSSR count). The molecule has 0 saturated carbocycles. The average Bonchev–Trinajstić information content (AvgIpc) is 2.37. The lowest BCUT2D eigenvalue weighted by molar-refractivity contribution is -0.121. The van der Waals surface area contributed by atoms with Crippen molar-refractivity contribution >= 4 is 23.2 Å². The second kappa shape index (κ2) is 6.44. The van der Waals surface area contributed by atoms with E-state index < -0.39 is 5.54 Å². The van der Waals surface area contributed by atoms with Crippen molar-refractivity contribution in [2.75, 3.05) is 11.9 Å². The lowest BCUT2D eigenvalue weighted by Crippen LogP contribution is -2.50. The molecule has 19 heavy (non-hydrogen) atoms. The topological polar surface area (TPSA) is 64.9 Å². The number of anilines is 1. The number of carbonyl (C=O) groups excluding carboxylic acids is 1. The molecule has 4 nitrogen and oxygen atoms in total. The summed E-state index contributed by atoms with van der Waals surface area (Å²) < 4.78 is 0. The molecule has 1 atom stereocenters. The third-order valence-electron chi connectivity index (χ3n) is 3.10. The van der Waals surface area contributed by atoms with Crippen LogP contribution in [-0.4, -0.2) is 18.0 Å². The molecule has 0 aliphatic carbocycles. The Labute approximate surface area is 118 Å². The molecule has 1 aromatic rings. The van der Waals surface area contributed by atoms with Crippen LogP contribution in [0.4, 0.5) is 5.69 Å². The zero-order chi connectivity index (χ0) is 14.5. The molecule has 0 fully saturated rings. The highest BCUT2D eigenvalue weighted by Crippen LogP contribution is 2.20. The number of nitriles is 1. The van der Waals surface area contributed by atoms with E-state index in [1.807, 2.05) is 26.0 Å². The minimum Gasteiger partial charge on any atom is -0.375 e. The lowest BCUT2D eigenvalue weighted by atomic mass is 9.90. The second-order valence-electron chi connectivity index (χ2n) is 4.85. The summed E-state index contributed by atoms with van der Waals surface area (Å²) in [6.07, 6.45) is 0. The predicted molar refractivity (Wildman–Crippen MR) is 76.9 cm³/mol. The van der Waals surface area contributed by atoms with Crippen molar-refractivity contribution in [3.05, 3.63) is 29.3 Å². The van der Waals surface area contributed by atoms with Gasteiger partial charge in [-0.15, -0.1) is 0 Å². The van der Waals surface area contributed by atoms with Gasteiger partial charge in [-0.3, -0.25) is 4.79 Å². The van der Waals surface area contributed by atoms with E-state index in [0.717, 1.165) is 0 Å². The molecule has 2 N–H and O–H groups in total. The van der Waals surface area contributed by atoms with Gasteiger partial charge < -0.3 is 10.6 Å². The Morgan fingerprint density at radius 3 is 2.63 bits per heavy atom. The van der Waals surface area contributed by atoms with Gasteiger partial charge in [0.05, 0.1) is 23.3 Å². The van der Waals surface area contributed by atoms with E-state index >= 15 is 0 Å². The highest BCUT2D eigenvalue weighted by atomic mass is 35.5.